The number of halogens is 1. The number of rotatable bonds is 0. The maximum Gasteiger partial charge on any atom is -0.0338 e. The van der Waals surface area contributed by atoms with Gasteiger partial charge in [-0.2, -0.15) is 12.6 Å². The number of hydrogen-bond donors (Lipinski definition) is 1. The van der Waals surface area contributed by atoms with E-state index < -0.39 is 0 Å². The van der Waals surface area contributed by atoms with Crippen molar-refractivity contribution < 1.29 is 0 Å². The molecule has 0 spiro atoms. The van der Waals surface area contributed by atoms with E-state index in [-0.39, 0.29) is 24.0 Å². The van der Waals surface area contributed by atoms with Gasteiger partial charge in [0.05, 0.1) is 0 Å². The first-order chi connectivity index (χ1) is 2.27. The molecule has 0 heterocycles. The van der Waals surface area contributed by atoms with Gasteiger partial charge in [-0.15, -0.1) is 24.0 Å². The fraction of sp³-hybridized carbons (Fsp3) is 0.500. The molecule has 0 rings (SSSR count). The summed E-state index contributed by atoms with van der Waals surface area (Å²) in [5, 5.41) is 1.78. The highest BCUT2D eigenvalue weighted by atomic mass is 127. The van der Waals surface area contributed by atoms with E-state index in [0.29, 0.717) is 0 Å². The molecule has 0 radical (unpaired) electrons. The first-order valence-electron chi connectivity index (χ1n) is 1.55. The van der Waals surface area contributed by atoms with E-state index >= 15 is 0 Å². The zero-order chi connectivity index (χ0) is 4.28. The van der Waals surface area contributed by atoms with E-state index in [9.17, 15) is 0 Å². The van der Waals surface area contributed by atoms with Crippen LogP contribution in [0.25, 0.3) is 0 Å². The molecule has 0 bridgehead atoms. The van der Waals surface area contributed by atoms with Crippen LogP contribution < -0.4 is 0 Å². The summed E-state index contributed by atoms with van der Waals surface area (Å²) >= 11 is 3.85. The van der Waals surface area contributed by atoms with Crippen LogP contribution in [0.1, 0.15) is 13.8 Å². The van der Waals surface area contributed by atoms with Gasteiger partial charge in [0.2, 0.25) is 0 Å². The molecule has 0 N–H and O–H groups in total. The quantitative estimate of drug-likeness (QED) is 0.466. The molecule has 38 valence electrons. The highest BCUT2D eigenvalue weighted by molar-refractivity contribution is 14.0. The van der Waals surface area contributed by atoms with Crippen LogP contribution in [0.5, 0.6) is 0 Å². The van der Waals surface area contributed by atoms with Crippen molar-refractivity contribution in [1.29, 1.82) is 0 Å². The monoisotopic (exact) mass is 216 g/mol. The number of allylic oxidation sites excluding steroid dienone is 1. The lowest BCUT2D eigenvalue weighted by Gasteiger charge is -1.73. The Morgan fingerprint density at radius 2 is 1.67 bits per heavy atom. The molecule has 2 heteroatoms. The summed E-state index contributed by atoms with van der Waals surface area (Å²) < 4.78 is 0. The van der Waals surface area contributed by atoms with Gasteiger partial charge in [0.25, 0.3) is 0 Å². The summed E-state index contributed by atoms with van der Waals surface area (Å²) in [7, 11) is 0. The second-order valence-corrected chi connectivity index (χ2v) is 1.46. The SMILES string of the molecule is CC(C)=CS.I. The Hall–Kier alpha value is 0.820. The lowest BCUT2D eigenvalue weighted by molar-refractivity contribution is 1.42. The van der Waals surface area contributed by atoms with Crippen molar-refractivity contribution in [2.75, 3.05) is 0 Å². The Morgan fingerprint density at radius 1 is 1.50 bits per heavy atom. The molecule has 0 saturated carbocycles. The second-order valence-electron chi connectivity index (χ2n) is 1.21. The van der Waals surface area contributed by atoms with Crippen LogP contribution >= 0.6 is 36.6 Å². The maximum atomic E-state index is 3.85. The molecule has 0 aliphatic heterocycles. The summed E-state index contributed by atoms with van der Waals surface area (Å²) in [6.07, 6.45) is 0. The first kappa shape index (κ1) is 9.94. The highest BCUT2D eigenvalue weighted by Gasteiger charge is 1.61. The van der Waals surface area contributed by atoms with Crippen molar-refractivity contribution in [1.82, 2.24) is 0 Å². The normalized spacial score (nSPS) is 5.83. The summed E-state index contributed by atoms with van der Waals surface area (Å²) in [6, 6.07) is 0. The third kappa shape index (κ3) is 8.84. The van der Waals surface area contributed by atoms with E-state index in [4.69, 9.17) is 0 Å². The summed E-state index contributed by atoms with van der Waals surface area (Å²) in [6.45, 7) is 4.01. The van der Waals surface area contributed by atoms with Crippen LogP contribution in [0.4, 0.5) is 0 Å². The van der Waals surface area contributed by atoms with Crippen LogP contribution in [0.2, 0.25) is 0 Å². The molecule has 0 atom stereocenters. The third-order valence-electron chi connectivity index (χ3n) is 0.258. The zero-order valence-electron chi connectivity index (χ0n) is 3.93. The van der Waals surface area contributed by atoms with Gasteiger partial charge >= 0.3 is 0 Å². The third-order valence-corrected chi connectivity index (χ3v) is 0.775. The predicted octanol–water partition coefficient (Wildman–Crippen LogP) is 2.46. The molecular weight excluding hydrogens is 207 g/mol. The smallest absolute Gasteiger partial charge is 0.0338 e. The first-order valence-corrected chi connectivity index (χ1v) is 2.06. The summed E-state index contributed by atoms with van der Waals surface area (Å²) in [4.78, 5) is 0. The van der Waals surface area contributed by atoms with Gasteiger partial charge in [0, 0.05) is 0 Å². The Morgan fingerprint density at radius 3 is 1.67 bits per heavy atom. The summed E-state index contributed by atoms with van der Waals surface area (Å²) in [5.74, 6) is 0. The standard InChI is InChI=1S/C4H8S.HI/c1-4(2)3-5;/h3,5H,1-2H3;1H. The molecule has 0 aliphatic rings. The molecular formula is C4H9IS. The summed E-state index contributed by atoms with van der Waals surface area (Å²) in [5.41, 5.74) is 1.24. The van der Waals surface area contributed by atoms with Crippen molar-refractivity contribution in [3.63, 3.8) is 0 Å². The van der Waals surface area contributed by atoms with Gasteiger partial charge in [-0.25, -0.2) is 0 Å². The molecule has 0 unspecified atom stereocenters. The van der Waals surface area contributed by atoms with Gasteiger partial charge < -0.3 is 0 Å². The Labute approximate surface area is 61.4 Å². The van der Waals surface area contributed by atoms with Gasteiger partial charge in [0.15, 0.2) is 0 Å². The molecule has 0 amide bonds. The van der Waals surface area contributed by atoms with Crippen LogP contribution in [0.15, 0.2) is 11.0 Å². The second kappa shape index (κ2) is 5.82. The zero-order valence-corrected chi connectivity index (χ0v) is 7.16. The van der Waals surface area contributed by atoms with Crippen molar-refractivity contribution >= 4 is 36.6 Å². The average Bonchev–Trinajstić information content (AvgIpc) is 1.38. The molecule has 0 aromatic heterocycles. The van der Waals surface area contributed by atoms with Crippen molar-refractivity contribution in [2.24, 2.45) is 0 Å². The predicted molar refractivity (Wildman–Crippen MR) is 43.8 cm³/mol. The van der Waals surface area contributed by atoms with Gasteiger partial charge in [-0.3, -0.25) is 0 Å². The van der Waals surface area contributed by atoms with Gasteiger partial charge in [-0.05, 0) is 19.3 Å². The van der Waals surface area contributed by atoms with Crippen LogP contribution in [-0.4, -0.2) is 0 Å². The van der Waals surface area contributed by atoms with Gasteiger partial charge in [-0.1, -0.05) is 5.57 Å². The lowest BCUT2D eigenvalue weighted by atomic mass is 10.4. The molecule has 0 nitrogen and oxygen atoms in total. The molecule has 0 saturated heterocycles. The van der Waals surface area contributed by atoms with E-state index in [1.54, 1.807) is 5.41 Å². The largest absolute Gasteiger partial charge is 0.151 e. The highest BCUT2D eigenvalue weighted by Crippen LogP contribution is 1.87. The number of thiol groups is 1. The Bertz CT molecular complexity index is 45.5. The van der Waals surface area contributed by atoms with E-state index in [2.05, 4.69) is 12.6 Å². The fourth-order valence-corrected chi connectivity index (χ4v) is 0. The molecule has 0 aromatic carbocycles. The molecule has 0 fully saturated rings. The van der Waals surface area contributed by atoms with Crippen LogP contribution in [0.3, 0.4) is 0 Å². The topological polar surface area (TPSA) is 0 Å². The average molecular weight is 216 g/mol. The van der Waals surface area contributed by atoms with Crippen molar-refractivity contribution in [3.05, 3.63) is 11.0 Å². The molecule has 0 aliphatic carbocycles. The lowest BCUT2D eigenvalue weighted by Crippen LogP contribution is -1.49. The van der Waals surface area contributed by atoms with E-state index in [0.717, 1.165) is 0 Å². The molecule has 0 aromatic rings. The number of hydrogen-bond acceptors (Lipinski definition) is 1. The Kier molecular flexibility index (Phi) is 9.65. The van der Waals surface area contributed by atoms with E-state index in [1.165, 1.54) is 5.57 Å². The molecule has 6 heavy (non-hydrogen) atoms. The van der Waals surface area contributed by atoms with Crippen LogP contribution in [0, 0.1) is 0 Å². The minimum Gasteiger partial charge on any atom is -0.151 e. The van der Waals surface area contributed by atoms with Crippen molar-refractivity contribution in [2.45, 2.75) is 13.8 Å². The van der Waals surface area contributed by atoms with Crippen molar-refractivity contribution in [3.8, 4) is 0 Å². The Balaban J connectivity index is 0. The van der Waals surface area contributed by atoms with Gasteiger partial charge in [0.1, 0.15) is 0 Å². The van der Waals surface area contributed by atoms with Crippen LogP contribution in [-0.2, 0) is 0 Å². The maximum absolute atomic E-state index is 3.85. The minimum absolute atomic E-state index is 0. The fourth-order valence-electron chi connectivity index (χ4n) is 0. The minimum atomic E-state index is 0. The van der Waals surface area contributed by atoms with E-state index in [1.807, 2.05) is 13.8 Å².